The van der Waals surface area contributed by atoms with Crippen molar-refractivity contribution >= 4 is 5.82 Å². The molecule has 6 nitrogen and oxygen atoms in total. The molecular weight excluding hydrogens is 386 g/mol. The second-order valence-corrected chi connectivity index (χ2v) is 9.76. The number of hydrogen-bond acceptors (Lipinski definition) is 6. The number of aromatic nitrogens is 2. The van der Waals surface area contributed by atoms with Crippen molar-refractivity contribution in [2.24, 2.45) is 5.41 Å². The van der Waals surface area contributed by atoms with E-state index in [1.807, 2.05) is 12.1 Å². The van der Waals surface area contributed by atoms with Gasteiger partial charge in [0.05, 0.1) is 6.10 Å². The van der Waals surface area contributed by atoms with Crippen molar-refractivity contribution in [1.82, 2.24) is 14.9 Å². The van der Waals surface area contributed by atoms with Gasteiger partial charge in [-0.1, -0.05) is 45.0 Å². The van der Waals surface area contributed by atoms with Crippen molar-refractivity contribution < 1.29 is 5.11 Å². The molecule has 1 aliphatic heterocycles. The molecule has 1 aliphatic rings. The minimum absolute atomic E-state index is 0.0994. The van der Waals surface area contributed by atoms with E-state index >= 15 is 0 Å². The molecule has 2 aromatic rings. The zero-order valence-electron chi connectivity index (χ0n) is 19.1. The highest BCUT2D eigenvalue weighted by atomic mass is 16.3. The Labute approximate surface area is 186 Å². The molecule has 1 fully saturated rings. The predicted octanol–water partition coefficient (Wildman–Crippen LogP) is 3.79. The number of nitriles is 1. The van der Waals surface area contributed by atoms with E-state index in [0.29, 0.717) is 0 Å². The van der Waals surface area contributed by atoms with Crippen LogP contribution in [-0.4, -0.2) is 52.3 Å². The molecule has 0 bridgehead atoms. The minimum Gasteiger partial charge on any atom is -0.393 e. The highest BCUT2D eigenvalue weighted by Gasteiger charge is 2.19. The number of hydrogen-bond donors (Lipinski definition) is 1. The fourth-order valence-corrected chi connectivity index (χ4v) is 4.05. The summed E-state index contributed by atoms with van der Waals surface area (Å²) in [6.07, 6.45) is 5.58. The van der Waals surface area contributed by atoms with Crippen LogP contribution in [0.1, 0.15) is 57.0 Å². The molecule has 3 rings (SSSR count). The summed E-state index contributed by atoms with van der Waals surface area (Å²) in [5.74, 6) is 0.993. The first-order valence-corrected chi connectivity index (χ1v) is 11.3. The van der Waals surface area contributed by atoms with Crippen molar-refractivity contribution in [3.05, 3.63) is 53.5 Å². The van der Waals surface area contributed by atoms with Crippen LogP contribution in [0.25, 0.3) is 0 Å². The Balaban J connectivity index is 1.58. The van der Waals surface area contributed by atoms with Crippen molar-refractivity contribution in [3.63, 3.8) is 0 Å². The molecule has 6 heteroatoms. The molecule has 1 aromatic heterocycles. The molecule has 1 saturated heterocycles. The number of benzene rings is 1. The maximum absolute atomic E-state index is 9.63. The monoisotopic (exact) mass is 421 g/mol. The molecule has 166 valence electrons. The Morgan fingerprint density at radius 2 is 1.81 bits per heavy atom. The zero-order chi connectivity index (χ0) is 22.3. The number of aliphatic hydroxyl groups is 1. The highest BCUT2D eigenvalue weighted by molar-refractivity contribution is 5.41. The Morgan fingerprint density at radius 1 is 1.13 bits per heavy atom. The number of nitrogens with zero attached hydrogens (tertiary/aromatic N) is 5. The minimum atomic E-state index is -0.101. The van der Waals surface area contributed by atoms with Crippen LogP contribution in [0.4, 0.5) is 5.82 Å². The molecule has 31 heavy (non-hydrogen) atoms. The maximum Gasteiger partial charge on any atom is 0.234 e. The number of anilines is 1. The van der Waals surface area contributed by atoms with Gasteiger partial charge in [-0.2, -0.15) is 5.26 Å². The third-order valence-electron chi connectivity index (χ3n) is 5.62. The fourth-order valence-electron chi connectivity index (χ4n) is 4.05. The van der Waals surface area contributed by atoms with E-state index in [9.17, 15) is 5.11 Å². The van der Waals surface area contributed by atoms with Gasteiger partial charge in [0.15, 0.2) is 0 Å². The van der Waals surface area contributed by atoms with Crippen molar-refractivity contribution in [2.75, 3.05) is 31.1 Å². The molecule has 0 radical (unpaired) electrons. The lowest BCUT2D eigenvalue weighted by Gasteiger charge is -2.31. The van der Waals surface area contributed by atoms with Crippen LogP contribution >= 0.6 is 0 Å². The Morgan fingerprint density at radius 3 is 2.45 bits per heavy atom. The van der Waals surface area contributed by atoms with Crippen molar-refractivity contribution in [2.45, 2.75) is 59.1 Å². The predicted molar refractivity (Wildman–Crippen MR) is 124 cm³/mol. The number of piperidine rings is 1. The molecule has 0 amide bonds. The average molecular weight is 422 g/mol. The summed E-state index contributed by atoms with van der Waals surface area (Å²) in [5.41, 5.74) is 2.69. The lowest BCUT2D eigenvalue weighted by atomic mass is 9.95. The van der Waals surface area contributed by atoms with Crippen LogP contribution in [0, 0.1) is 16.7 Å². The second kappa shape index (κ2) is 10.7. The summed E-state index contributed by atoms with van der Waals surface area (Å²) in [4.78, 5) is 13.1. The molecule has 1 N–H and O–H groups in total. The number of rotatable bonds is 8. The van der Waals surface area contributed by atoms with Gasteiger partial charge in [0.25, 0.3) is 0 Å². The number of aryl methyl sites for hydroxylation is 1. The van der Waals surface area contributed by atoms with Gasteiger partial charge >= 0.3 is 0 Å². The largest absolute Gasteiger partial charge is 0.393 e. The maximum atomic E-state index is 9.63. The summed E-state index contributed by atoms with van der Waals surface area (Å²) < 4.78 is 0. The first-order valence-electron chi connectivity index (χ1n) is 11.3. The summed E-state index contributed by atoms with van der Waals surface area (Å²) in [7, 11) is 0. The third kappa shape index (κ3) is 7.61. The molecule has 1 aromatic carbocycles. The van der Waals surface area contributed by atoms with Crippen LogP contribution in [0.5, 0.6) is 0 Å². The number of likely N-dealkylation sites (tertiary alicyclic amines) is 1. The van der Waals surface area contributed by atoms with Crippen LogP contribution in [-0.2, 0) is 13.0 Å². The Kier molecular flexibility index (Phi) is 8.00. The quantitative estimate of drug-likeness (QED) is 0.699. The smallest absolute Gasteiger partial charge is 0.234 e. The summed E-state index contributed by atoms with van der Waals surface area (Å²) in [5, 5.41) is 18.8. The van der Waals surface area contributed by atoms with E-state index in [-0.39, 0.29) is 17.3 Å². The van der Waals surface area contributed by atoms with Crippen molar-refractivity contribution in [3.8, 4) is 6.07 Å². The van der Waals surface area contributed by atoms with Gasteiger partial charge in [-0.15, -0.1) is 0 Å². The van der Waals surface area contributed by atoms with Crippen molar-refractivity contribution in [1.29, 1.82) is 5.26 Å². The standard InChI is InChI=1S/C25H35N5O/c1-25(2,3)19-30(24-10-13-27-23(17-26)28-24)18-21-8-6-20(7-9-21)5-4-14-29-15-11-22(31)12-16-29/h6-10,13,22,31H,4-5,11-12,14-16,18-19H2,1-3H3. The molecule has 0 spiro atoms. The summed E-state index contributed by atoms with van der Waals surface area (Å²) >= 11 is 0. The van der Waals surface area contributed by atoms with Crippen LogP contribution < -0.4 is 4.90 Å². The van der Waals surface area contributed by atoms with Gasteiger partial charge in [0.1, 0.15) is 11.9 Å². The van der Waals surface area contributed by atoms with Gasteiger partial charge in [-0.05, 0) is 54.8 Å². The lowest BCUT2D eigenvalue weighted by molar-refractivity contribution is 0.0821. The first kappa shape index (κ1) is 23.2. The van der Waals surface area contributed by atoms with E-state index in [1.165, 1.54) is 11.1 Å². The van der Waals surface area contributed by atoms with Gasteiger partial charge in [0.2, 0.25) is 5.82 Å². The molecule has 0 atom stereocenters. The van der Waals surface area contributed by atoms with E-state index in [2.05, 4.69) is 64.8 Å². The third-order valence-corrected chi connectivity index (χ3v) is 5.62. The zero-order valence-corrected chi connectivity index (χ0v) is 19.1. The summed E-state index contributed by atoms with van der Waals surface area (Å²) in [6, 6.07) is 12.8. The lowest BCUT2D eigenvalue weighted by Crippen LogP contribution is -2.36. The first-order chi connectivity index (χ1) is 14.8. The molecule has 2 heterocycles. The molecular formula is C25H35N5O. The Bertz CT molecular complexity index is 861. The molecule has 0 unspecified atom stereocenters. The summed E-state index contributed by atoms with van der Waals surface area (Å²) in [6.45, 7) is 11.3. The van der Waals surface area contributed by atoms with Gasteiger partial charge in [-0.3, -0.25) is 0 Å². The van der Waals surface area contributed by atoms with Crippen LogP contribution in [0.3, 0.4) is 0 Å². The topological polar surface area (TPSA) is 76.3 Å². The van der Waals surface area contributed by atoms with E-state index in [4.69, 9.17) is 5.26 Å². The fraction of sp³-hybridized carbons (Fsp3) is 0.560. The van der Waals surface area contributed by atoms with Gasteiger partial charge in [-0.25, -0.2) is 9.97 Å². The molecule has 0 saturated carbocycles. The van der Waals surface area contributed by atoms with Gasteiger partial charge in [0, 0.05) is 32.4 Å². The second-order valence-electron chi connectivity index (χ2n) is 9.76. The average Bonchev–Trinajstić information content (AvgIpc) is 2.75. The highest BCUT2D eigenvalue weighted by Crippen LogP contribution is 2.22. The number of aliphatic hydroxyl groups excluding tert-OH is 1. The Hall–Kier alpha value is -2.49. The molecule has 0 aliphatic carbocycles. The van der Waals surface area contributed by atoms with Crippen LogP contribution in [0.2, 0.25) is 0 Å². The normalized spacial score (nSPS) is 15.6. The van der Waals surface area contributed by atoms with E-state index < -0.39 is 0 Å². The van der Waals surface area contributed by atoms with Crippen LogP contribution in [0.15, 0.2) is 36.5 Å². The van der Waals surface area contributed by atoms with E-state index in [0.717, 1.165) is 64.2 Å². The van der Waals surface area contributed by atoms with Gasteiger partial charge < -0.3 is 14.9 Å². The van der Waals surface area contributed by atoms with E-state index in [1.54, 1.807) is 6.20 Å². The SMILES string of the molecule is CC(C)(C)CN(Cc1ccc(CCCN2CCC(O)CC2)cc1)c1ccnc(C#N)n1.